The number of rotatable bonds is 4. The molecule has 0 saturated carbocycles. The maximum atomic E-state index is 11.8. The van der Waals surface area contributed by atoms with Crippen LogP contribution in [0.5, 0.6) is 5.75 Å². The minimum absolute atomic E-state index is 0.212. The lowest BCUT2D eigenvalue weighted by Crippen LogP contribution is -2.06. The zero-order valence-electron chi connectivity index (χ0n) is 10.3. The van der Waals surface area contributed by atoms with Crippen LogP contribution in [0.3, 0.4) is 0 Å². The summed E-state index contributed by atoms with van der Waals surface area (Å²) in [5.41, 5.74) is 1.31. The highest BCUT2D eigenvalue weighted by atomic mass is 79.9. The van der Waals surface area contributed by atoms with Gasteiger partial charge in [0.1, 0.15) is 17.0 Å². The Hall–Kier alpha value is -1.88. The summed E-state index contributed by atoms with van der Waals surface area (Å²) in [5, 5.41) is 0. The van der Waals surface area contributed by atoms with Crippen molar-refractivity contribution in [2.75, 3.05) is 7.11 Å². The Balaban J connectivity index is 1.98. The molecule has 0 aliphatic carbocycles. The van der Waals surface area contributed by atoms with Gasteiger partial charge in [0.15, 0.2) is 0 Å². The molecule has 0 saturated heterocycles. The van der Waals surface area contributed by atoms with Crippen LogP contribution >= 0.6 is 15.9 Å². The minimum Gasteiger partial charge on any atom is -0.497 e. The smallest absolute Gasteiger partial charge is 0.341 e. The first kappa shape index (κ1) is 13.5. The molecule has 0 amide bonds. The van der Waals surface area contributed by atoms with Crippen LogP contribution in [0.15, 0.2) is 47.2 Å². The standard InChI is InChI=1S/C14H12BrNO3/c1-18-11-6-4-10(5-7-11)9-19-14(17)12-3-2-8-16-13(12)15/h2-8H,9H2,1H3. The molecule has 5 heteroatoms. The van der Waals surface area contributed by atoms with E-state index in [0.29, 0.717) is 10.2 Å². The molecular weight excluding hydrogens is 310 g/mol. The fourth-order valence-corrected chi connectivity index (χ4v) is 1.90. The largest absolute Gasteiger partial charge is 0.497 e. The predicted octanol–water partition coefficient (Wildman–Crippen LogP) is 3.21. The van der Waals surface area contributed by atoms with E-state index < -0.39 is 5.97 Å². The van der Waals surface area contributed by atoms with Gasteiger partial charge in [0, 0.05) is 6.20 Å². The molecule has 0 aliphatic rings. The van der Waals surface area contributed by atoms with Crippen LogP contribution in [0.1, 0.15) is 15.9 Å². The zero-order valence-corrected chi connectivity index (χ0v) is 11.9. The zero-order chi connectivity index (χ0) is 13.7. The molecule has 0 aliphatic heterocycles. The van der Waals surface area contributed by atoms with Gasteiger partial charge in [-0.25, -0.2) is 9.78 Å². The lowest BCUT2D eigenvalue weighted by Gasteiger charge is -2.06. The van der Waals surface area contributed by atoms with Crippen molar-refractivity contribution in [3.63, 3.8) is 0 Å². The van der Waals surface area contributed by atoms with Crippen molar-refractivity contribution in [1.82, 2.24) is 4.98 Å². The van der Waals surface area contributed by atoms with Crippen molar-refractivity contribution in [3.05, 3.63) is 58.3 Å². The van der Waals surface area contributed by atoms with Gasteiger partial charge in [-0.05, 0) is 45.8 Å². The summed E-state index contributed by atoms with van der Waals surface area (Å²) in [6.45, 7) is 0.212. The van der Waals surface area contributed by atoms with Crippen LogP contribution in [0, 0.1) is 0 Å². The number of carbonyl (C=O) groups is 1. The molecule has 0 spiro atoms. The van der Waals surface area contributed by atoms with E-state index in [4.69, 9.17) is 9.47 Å². The summed E-state index contributed by atoms with van der Waals surface area (Å²) in [5.74, 6) is 0.362. The summed E-state index contributed by atoms with van der Waals surface area (Å²) in [7, 11) is 1.61. The fraction of sp³-hybridized carbons (Fsp3) is 0.143. The molecule has 1 heterocycles. The number of hydrogen-bond acceptors (Lipinski definition) is 4. The third kappa shape index (κ3) is 3.54. The van der Waals surface area contributed by atoms with E-state index >= 15 is 0 Å². The molecule has 4 nitrogen and oxygen atoms in total. The van der Waals surface area contributed by atoms with E-state index in [0.717, 1.165) is 11.3 Å². The predicted molar refractivity (Wildman–Crippen MR) is 74.1 cm³/mol. The third-order valence-electron chi connectivity index (χ3n) is 2.51. The lowest BCUT2D eigenvalue weighted by atomic mass is 10.2. The number of halogens is 1. The quantitative estimate of drug-likeness (QED) is 0.641. The van der Waals surface area contributed by atoms with Gasteiger partial charge in [0.2, 0.25) is 0 Å². The summed E-state index contributed by atoms with van der Waals surface area (Å²) in [4.78, 5) is 15.8. The number of hydrogen-bond donors (Lipinski definition) is 0. The molecule has 2 aromatic rings. The Morgan fingerprint density at radius 1 is 1.26 bits per heavy atom. The lowest BCUT2D eigenvalue weighted by molar-refractivity contribution is 0.0471. The Bertz CT molecular complexity index is 569. The van der Waals surface area contributed by atoms with Gasteiger partial charge in [-0.15, -0.1) is 0 Å². The fourth-order valence-electron chi connectivity index (χ4n) is 1.49. The second-order valence-electron chi connectivity index (χ2n) is 3.77. The number of esters is 1. The van der Waals surface area contributed by atoms with E-state index in [1.54, 1.807) is 25.4 Å². The van der Waals surface area contributed by atoms with E-state index in [9.17, 15) is 4.79 Å². The highest BCUT2D eigenvalue weighted by molar-refractivity contribution is 9.10. The van der Waals surface area contributed by atoms with Gasteiger partial charge in [0.05, 0.1) is 12.7 Å². The van der Waals surface area contributed by atoms with Crippen molar-refractivity contribution < 1.29 is 14.3 Å². The average molecular weight is 322 g/mol. The van der Waals surface area contributed by atoms with Crippen LogP contribution in [0.2, 0.25) is 0 Å². The van der Waals surface area contributed by atoms with Crippen LogP contribution < -0.4 is 4.74 Å². The highest BCUT2D eigenvalue weighted by Crippen LogP contribution is 2.16. The number of nitrogens with zero attached hydrogens (tertiary/aromatic N) is 1. The number of ether oxygens (including phenoxy) is 2. The van der Waals surface area contributed by atoms with Gasteiger partial charge in [-0.3, -0.25) is 0 Å². The van der Waals surface area contributed by atoms with Crippen molar-refractivity contribution in [2.24, 2.45) is 0 Å². The number of methoxy groups -OCH3 is 1. The molecule has 0 radical (unpaired) electrons. The van der Waals surface area contributed by atoms with Crippen molar-refractivity contribution in [3.8, 4) is 5.75 Å². The number of carbonyl (C=O) groups excluding carboxylic acids is 1. The van der Waals surface area contributed by atoms with Crippen LogP contribution in [0.4, 0.5) is 0 Å². The van der Waals surface area contributed by atoms with Crippen molar-refractivity contribution in [1.29, 1.82) is 0 Å². The molecule has 0 N–H and O–H groups in total. The third-order valence-corrected chi connectivity index (χ3v) is 3.14. The maximum absolute atomic E-state index is 11.8. The van der Waals surface area contributed by atoms with Gasteiger partial charge in [-0.2, -0.15) is 0 Å². The average Bonchev–Trinajstić information content (AvgIpc) is 2.46. The first-order valence-corrected chi connectivity index (χ1v) is 6.40. The van der Waals surface area contributed by atoms with Gasteiger partial charge >= 0.3 is 5.97 Å². The molecule has 2 rings (SSSR count). The molecule has 0 fully saturated rings. The second kappa shape index (κ2) is 6.33. The Morgan fingerprint density at radius 2 is 2.00 bits per heavy atom. The molecule has 19 heavy (non-hydrogen) atoms. The highest BCUT2D eigenvalue weighted by Gasteiger charge is 2.11. The second-order valence-corrected chi connectivity index (χ2v) is 4.52. The SMILES string of the molecule is COc1ccc(COC(=O)c2cccnc2Br)cc1. The minimum atomic E-state index is -0.407. The van der Waals surface area contributed by atoms with Gasteiger partial charge in [0.25, 0.3) is 0 Å². The molecule has 1 aromatic heterocycles. The van der Waals surface area contributed by atoms with Gasteiger partial charge in [-0.1, -0.05) is 12.1 Å². The Labute approximate surface area is 119 Å². The summed E-state index contributed by atoms with van der Waals surface area (Å²) in [6.07, 6.45) is 1.60. The van der Waals surface area contributed by atoms with Crippen molar-refractivity contribution in [2.45, 2.75) is 6.61 Å². The van der Waals surface area contributed by atoms with Crippen LogP contribution in [0.25, 0.3) is 0 Å². The Kier molecular flexibility index (Phi) is 4.52. The molecule has 1 aromatic carbocycles. The number of aromatic nitrogens is 1. The number of benzene rings is 1. The van der Waals surface area contributed by atoms with E-state index in [2.05, 4.69) is 20.9 Å². The normalized spacial score (nSPS) is 10.0. The van der Waals surface area contributed by atoms with E-state index in [1.165, 1.54) is 0 Å². The topological polar surface area (TPSA) is 48.4 Å². The summed E-state index contributed by atoms with van der Waals surface area (Å²) >= 11 is 3.21. The molecule has 0 unspecified atom stereocenters. The van der Waals surface area contributed by atoms with Gasteiger partial charge < -0.3 is 9.47 Å². The van der Waals surface area contributed by atoms with Crippen LogP contribution in [-0.4, -0.2) is 18.1 Å². The molecule has 0 atom stereocenters. The first-order chi connectivity index (χ1) is 9.20. The van der Waals surface area contributed by atoms with E-state index in [-0.39, 0.29) is 6.61 Å². The van der Waals surface area contributed by atoms with Crippen molar-refractivity contribution >= 4 is 21.9 Å². The molecule has 0 bridgehead atoms. The first-order valence-electron chi connectivity index (χ1n) is 5.61. The molecule has 98 valence electrons. The number of pyridine rings is 1. The monoisotopic (exact) mass is 321 g/mol. The molecular formula is C14H12BrNO3. The summed E-state index contributed by atoms with van der Waals surface area (Å²) in [6, 6.07) is 10.7. The van der Waals surface area contributed by atoms with E-state index in [1.807, 2.05) is 24.3 Å². The Morgan fingerprint density at radius 3 is 2.63 bits per heavy atom. The maximum Gasteiger partial charge on any atom is 0.341 e. The van der Waals surface area contributed by atoms with Crippen LogP contribution in [-0.2, 0) is 11.3 Å². The summed E-state index contributed by atoms with van der Waals surface area (Å²) < 4.78 is 10.8.